The molecule has 0 aliphatic heterocycles. The number of fused-ring (bicyclic) bond motifs is 1. The normalized spacial score (nSPS) is 11.7. The third-order valence-electron chi connectivity index (χ3n) is 5.46. The molecule has 33 heavy (non-hydrogen) atoms. The molecule has 6 nitrogen and oxygen atoms in total. The number of nitrogen functional groups attached to an aromatic ring is 1. The average Bonchev–Trinajstić information content (AvgIpc) is 2.84. The number of hydrogen-bond donors (Lipinski definition) is 2. The van der Waals surface area contributed by atoms with Gasteiger partial charge in [-0.05, 0) is 53.8 Å². The molecule has 3 aromatic carbocycles. The van der Waals surface area contributed by atoms with E-state index < -0.39 is 6.10 Å². The second kappa shape index (κ2) is 10.0. The number of aromatic nitrogens is 1. The zero-order valence-electron chi connectivity index (χ0n) is 18.7. The molecular weight excluding hydrogens is 414 g/mol. The number of anilines is 2. The van der Waals surface area contributed by atoms with Crippen molar-refractivity contribution < 1.29 is 14.3 Å². The molecule has 0 aliphatic rings. The number of nitrogens with one attached hydrogen (secondary N) is 1. The first kappa shape index (κ1) is 22.1. The number of nitrogens with two attached hydrogens (primary N) is 1. The van der Waals surface area contributed by atoms with Crippen LogP contribution in [0.25, 0.3) is 21.9 Å². The predicted molar refractivity (Wildman–Crippen MR) is 133 cm³/mol. The van der Waals surface area contributed by atoms with Crippen molar-refractivity contribution in [3.05, 3.63) is 79.0 Å². The van der Waals surface area contributed by atoms with Gasteiger partial charge in [0.2, 0.25) is 0 Å². The lowest BCUT2D eigenvalue weighted by Gasteiger charge is -2.19. The Kier molecular flexibility index (Phi) is 6.74. The van der Waals surface area contributed by atoms with Gasteiger partial charge >= 0.3 is 0 Å². The number of carbonyl (C=O) groups excluding carboxylic acids is 1. The molecule has 0 saturated carbocycles. The van der Waals surface area contributed by atoms with E-state index in [0.29, 0.717) is 23.7 Å². The van der Waals surface area contributed by atoms with Crippen molar-refractivity contribution >= 4 is 28.2 Å². The minimum Gasteiger partial charge on any atom is -0.496 e. The van der Waals surface area contributed by atoms with Crippen molar-refractivity contribution in [3.63, 3.8) is 0 Å². The second-order valence-corrected chi connectivity index (χ2v) is 7.74. The number of nitrogens with zero attached hydrogens (tertiary/aromatic N) is 1. The lowest BCUT2D eigenvalue weighted by molar-refractivity contribution is -0.123. The maximum atomic E-state index is 13.0. The SMILES string of the molecule is CCCC(Oc1ccc2ccnc(N)c2c1)C(=O)Nc1ccc(-c2ccccc2OC)cc1. The summed E-state index contributed by atoms with van der Waals surface area (Å²) in [6, 6.07) is 23.0. The molecule has 3 N–H and O–H groups in total. The van der Waals surface area contributed by atoms with Gasteiger partial charge in [0.1, 0.15) is 17.3 Å². The first-order valence-electron chi connectivity index (χ1n) is 10.9. The summed E-state index contributed by atoms with van der Waals surface area (Å²) in [5.74, 6) is 1.63. The van der Waals surface area contributed by atoms with Gasteiger partial charge in [-0.1, -0.05) is 49.7 Å². The highest BCUT2D eigenvalue weighted by Crippen LogP contribution is 2.30. The molecule has 168 valence electrons. The molecule has 4 aromatic rings. The Morgan fingerprint density at radius 2 is 1.85 bits per heavy atom. The van der Waals surface area contributed by atoms with Crippen LogP contribution >= 0.6 is 0 Å². The van der Waals surface area contributed by atoms with Crippen molar-refractivity contribution in [1.82, 2.24) is 4.98 Å². The van der Waals surface area contributed by atoms with E-state index in [9.17, 15) is 4.79 Å². The van der Waals surface area contributed by atoms with Crippen LogP contribution in [0, 0.1) is 0 Å². The largest absolute Gasteiger partial charge is 0.496 e. The highest BCUT2D eigenvalue weighted by molar-refractivity contribution is 5.95. The summed E-state index contributed by atoms with van der Waals surface area (Å²) in [6.45, 7) is 2.02. The minimum atomic E-state index is -0.626. The van der Waals surface area contributed by atoms with Gasteiger partial charge in [-0.15, -0.1) is 0 Å². The number of hydrogen-bond acceptors (Lipinski definition) is 5. The van der Waals surface area contributed by atoms with Gasteiger partial charge in [0, 0.05) is 22.8 Å². The summed E-state index contributed by atoms with van der Waals surface area (Å²) in [5.41, 5.74) is 8.70. The van der Waals surface area contributed by atoms with Crippen LogP contribution in [0.1, 0.15) is 19.8 Å². The van der Waals surface area contributed by atoms with E-state index in [1.807, 2.05) is 79.7 Å². The van der Waals surface area contributed by atoms with Crippen molar-refractivity contribution in [2.24, 2.45) is 0 Å². The molecular formula is C27H27N3O3. The Hall–Kier alpha value is -4.06. The minimum absolute atomic E-state index is 0.193. The Labute approximate surface area is 193 Å². The highest BCUT2D eigenvalue weighted by Gasteiger charge is 2.20. The van der Waals surface area contributed by atoms with Crippen LogP contribution in [0.15, 0.2) is 79.0 Å². The second-order valence-electron chi connectivity index (χ2n) is 7.74. The van der Waals surface area contributed by atoms with Gasteiger partial charge in [0.25, 0.3) is 5.91 Å². The van der Waals surface area contributed by atoms with Gasteiger partial charge in [0.05, 0.1) is 7.11 Å². The number of para-hydroxylation sites is 1. The molecule has 0 bridgehead atoms. The first-order valence-corrected chi connectivity index (χ1v) is 10.9. The van der Waals surface area contributed by atoms with E-state index in [4.69, 9.17) is 15.2 Å². The zero-order chi connectivity index (χ0) is 23.2. The lowest BCUT2D eigenvalue weighted by atomic mass is 10.0. The van der Waals surface area contributed by atoms with Crippen LogP contribution in [0.3, 0.4) is 0 Å². The van der Waals surface area contributed by atoms with Crippen molar-refractivity contribution in [3.8, 4) is 22.6 Å². The summed E-state index contributed by atoms with van der Waals surface area (Å²) in [4.78, 5) is 17.1. The van der Waals surface area contributed by atoms with E-state index in [0.717, 1.165) is 34.1 Å². The van der Waals surface area contributed by atoms with Crippen molar-refractivity contribution in [2.45, 2.75) is 25.9 Å². The average molecular weight is 442 g/mol. The molecule has 4 rings (SSSR count). The lowest BCUT2D eigenvalue weighted by Crippen LogP contribution is -2.32. The van der Waals surface area contributed by atoms with Crippen LogP contribution < -0.4 is 20.5 Å². The number of ether oxygens (including phenoxy) is 2. The van der Waals surface area contributed by atoms with Crippen molar-refractivity contribution in [1.29, 1.82) is 0 Å². The van der Waals surface area contributed by atoms with E-state index >= 15 is 0 Å². The maximum Gasteiger partial charge on any atom is 0.265 e. The Morgan fingerprint density at radius 1 is 1.06 bits per heavy atom. The molecule has 1 unspecified atom stereocenters. The van der Waals surface area contributed by atoms with E-state index in [-0.39, 0.29) is 5.91 Å². The molecule has 0 saturated heterocycles. The first-order chi connectivity index (χ1) is 16.1. The zero-order valence-corrected chi connectivity index (χ0v) is 18.7. The number of rotatable bonds is 8. The Balaban J connectivity index is 1.49. The molecule has 1 aromatic heterocycles. The Bertz CT molecular complexity index is 1260. The van der Waals surface area contributed by atoms with Crippen LogP contribution in [0.4, 0.5) is 11.5 Å². The number of methoxy groups -OCH3 is 1. The summed E-state index contributed by atoms with van der Waals surface area (Å²) in [5, 5.41) is 4.75. The number of benzene rings is 3. The van der Waals surface area contributed by atoms with Crippen LogP contribution in [-0.2, 0) is 4.79 Å². The van der Waals surface area contributed by atoms with Crippen LogP contribution in [0.2, 0.25) is 0 Å². The summed E-state index contributed by atoms with van der Waals surface area (Å²) in [7, 11) is 1.65. The van der Waals surface area contributed by atoms with Crippen LogP contribution in [-0.4, -0.2) is 24.1 Å². The molecule has 1 atom stereocenters. The topological polar surface area (TPSA) is 86.5 Å². The molecule has 6 heteroatoms. The smallest absolute Gasteiger partial charge is 0.265 e. The standard InChI is InChI=1S/C27H27N3O3/c1-3-6-25(33-21-14-11-19-15-16-29-26(28)23(19)17-21)27(31)30-20-12-9-18(10-13-20)22-7-4-5-8-24(22)32-2/h4-5,7-17,25H,3,6H2,1-2H3,(H2,28,29)(H,30,31). The summed E-state index contributed by atoms with van der Waals surface area (Å²) >= 11 is 0. The number of amides is 1. The third-order valence-corrected chi connectivity index (χ3v) is 5.46. The van der Waals surface area contributed by atoms with Gasteiger partial charge in [-0.2, -0.15) is 0 Å². The predicted octanol–water partition coefficient (Wildman–Crippen LogP) is 5.68. The van der Waals surface area contributed by atoms with Crippen LogP contribution in [0.5, 0.6) is 11.5 Å². The number of pyridine rings is 1. The quantitative estimate of drug-likeness (QED) is 0.367. The molecule has 0 radical (unpaired) electrons. The van der Waals surface area contributed by atoms with Gasteiger partial charge in [-0.25, -0.2) is 4.98 Å². The van der Waals surface area contributed by atoms with E-state index in [1.54, 1.807) is 13.3 Å². The van der Waals surface area contributed by atoms with Gasteiger partial charge in [0.15, 0.2) is 6.10 Å². The molecule has 0 spiro atoms. The monoisotopic (exact) mass is 441 g/mol. The fourth-order valence-corrected chi connectivity index (χ4v) is 3.75. The summed E-state index contributed by atoms with van der Waals surface area (Å²) < 4.78 is 11.5. The molecule has 0 aliphatic carbocycles. The fraction of sp³-hybridized carbons (Fsp3) is 0.185. The fourth-order valence-electron chi connectivity index (χ4n) is 3.75. The summed E-state index contributed by atoms with van der Waals surface area (Å²) in [6.07, 6.45) is 2.44. The van der Waals surface area contributed by atoms with Gasteiger partial charge in [-0.3, -0.25) is 4.79 Å². The highest BCUT2D eigenvalue weighted by atomic mass is 16.5. The van der Waals surface area contributed by atoms with Gasteiger partial charge < -0.3 is 20.5 Å². The molecule has 1 amide bonds. The van der Waals surface area contributed by atoms with E-state index in [2.05, 4.69) is 10.3 Å². The number of carbonyl (C=O) groups is 1. The van der Waals surface area contributed by atoms with Crippen molar-refractivity contribution in [2.75, 3.05) is 18.2 Å². The Morgan fingerprint density at radius 3 is 2.61 bits per heavy atom. The maximum absolute atomic E-state index is 13.0. The third kappa shape index (κ3) is 5.06. The van der Waals surface area contributed by atoms with E-state index in [1.165, 1.54) is 0 Å². The molecule has 0 fully saturated rings. The molecule has 1 heterocycles.